The topological polar surface area (TPSA) is 50.2 Å². The lowest BCUT2D eigenvalue weighted by atomic mass is 10.1. The smallest absolute Gasteiger partial charge is 0.215 e. The maximum absolute atomic E-state index is 6.06. The summed E-state index contributed by atoms with van der Waals surface area (Å²) < 4.78 is 11.6. The van der Waals surface area contributed by atoms with Crippen molar-refractivity contribution in [3.8, 4) is 5.88 Å². The molecule has 0 aliphatic carbocycles. The van der Waals surface area contributed by atoms with Crippen LogP contribution in [0.5, 0.6) is 5.88 Å². The van der Waals surface area contributed by atoms with Crippen LogP contribution in [-0.4, -0.2) is 68.6 Å². The van der Waals surface area contributed by atoms with Crippen molar-refractivity contribution >= 4 is 11.9 Å². The number of pyridine rings is 1. The molecule has 4 rings (SSSR count). The number of aromatic nitrogens is 1. The van der Waals surface area contributed by atoms with E-state index in [0.717, 1.165) is 49.8 Å². The number of ether oxygens (including phenoxy) is 2. The molecule has 0 bridgehead atoms. The summed E-state index contributed by atoms with van der Waals surface area (Å²) >= 11 is 0. The van der Waals surface area contributed by atoms with Gasteiger partial charge >= 0.3 is 0 Å². The van der Waals surface area contributed by atoms with Crippen LogP contribution < -0.4 is 9.64 Å². The second kappa shape index (κ2) is 10.5. The van der Waals surface area contributed by atoms with Crippen LogP contribution in [0.15, 0.2) is 41.4 Å². The van der Waals surface area contributed by atoms with Crippen molar-refractivity contribution in [3.63, 3.8) is 0 Å². The van der Waals surface area contributed by atoms with Crippen molar-refractivity contribution in [1.29, 1.82) is 0 Å². The van der Waals surface area contributed by atoms with Gasteiger partial charge in [0.15, 0.2) is 0 Å². The molecule has 0 amide bonds. The Kier molecular flexibility index (Phi) is 7.32. The zero-order valence-electron chi connectivity index (χ0n) is 17.9. The van der Waals surface area contributed by atoms with Gasteiger partial charge in [-0.2, -0.15) is 0 Å². The molecule has 2 aliphatic rings. The fraction of sp³-hybridized carbons (Fsp3) is 0.500. The van der Waals surface area contributed by atoms with Crippen molar-refractivity contribution in [1.82, 2.24) is 9.88 Å². The minimum absolute atomic E-state index is 0.536. The largest absolute Gasteiger partial charge is 0.476 e. The summed E-state index contributed by atoms with van der Waals surface area (Å²) in [4.78, 5) is 14.2. The van der Waals surface area contributed by atoms with Crippen LogP contribution in [0.25, 0.3) is 0 Å². The summed E-state index contributed by atoms with van der Waals surface area (Å²) in [6.07, 6.45) is 4.52. The molecule has 2 aliphatic heterocycles. The van der Waals surface area contributed by atoms with Crippen LogP contribution >= 0.6 is 0 Å². The molecule has 2 fully saturated rings. The molecule has 3 heterocycles. The number of rotatable bonds is 8. The van der Waals surface area contributed by atoms with Gasteiger partial charge in [-0.1, -0.05) is 29.8 Å². The summed E-state index contributed by atoms with van der Waals surface area (Å²) in [5.41, 5.74) is 4.42. The summed E-state index contributed by atoms with van der Waals surface area (Å²) in [5, 5.41) is 0. The van der Waals surface area contributed by atoms with Crippen LogP contribution in [0.4, 0.5) is 5.69 Å². The highest BCUT2D eigenvalue weighted by atomic mass is 16.5. The van der Waals surface area contributed by atoms with Crippen LogP contribution in [0.2, 0.25) is 0 Å². The molecule has 0 radical (unpaired) electrons. The molecule has 1 aromatic heterocycles. The summed E-state index contributed by atoms with van der Waals surface area (Å²) in [7, 11) is 0. The number of morpholine rings is 1. The first-order valence-corrected chi connectivity index (χ1v) is 11.0. The predicted octanol–water partition coefficient (Wildman–Crippen LogP) is 3.32. The molecule has 0 unspecified atom stereocenters. The van der Waals surface area contributed by atoms with E-state index >= 15 is 0 Å². The molecule has 0 saturated carbocycles. The van der Waals surface area contributed by atoms with Crippen molar-refractivity contribution in [3.05, 3.63) is 53.2 Å². The number of anilines is 1. The van der Waals surface area contributed by atoms with Gasteiger partial charge in [-0.25, -0.2) is 4.98 Å². The van der Waals surface area contributed by atoms with E-state index < -0.39 is 0 Å². The monoisotopic (exact) mass is 408 g/mol. The van der Waals surface area contributed by atoms with E-state index in [4.69, 9.17) is 14.5 Å². The molecule has 160 valence electrons. The molecule has 2 aromatic rings. The number of likely N-dealkylation sites (tertiary alicyclic amines) is 1. The number of benzene rings is 1. The minimum Gasteiger partial charge on any atom is -0.476 e. The molecular weight excluding hydrogens is 376 g/mol. The van der Waals surface area contributed by atoms with Gasteiger partial charge in [-0.3, -0.25) is 9.89 Å². The Morgan fingerprint density at radius 2 is 1.93 bits per heavy atom. The van der Waals surface area contributed by atoms with E-state index in [1.807, 2.05) is 6.21 Å². The van der Waals surface area contributed by atoms with Gasteiger partial charge in [-0.05, 0) is 44.5 Å². The third-order valence-electron chi connectivity index (χ3n) is 5.61. The first-order chi connectivity index (χ1) is 14.8. The first kappa shape index (κ1) is 20.8. The minimum atomic E-state index is 0.536. The zero-order valence-corrected chi connectivity index (χ0v) is 17.9. The fourth-order valence-corrected chi connectivity index (χ4v) is 3.98. The Bertz CT molecular complexity index is 843. The molecule has 1 aromatic carbocycles. The Labute approximate surface area is 179 Å². The number of aliphatic imine (C=N–C) groups is 1. The lowest BCUT2D eigenvalue weighted by Gasteiger charge is -2.29. The normalized spacial score (nSPS) is 17.7. The third-order valence-corrected chi connectivity index (χ3v) is 5.61. The molecule has 30 heavy (non-hydrogen) atoms. The lowest BCUT2D eigenvalue weighted by molar-refractivity contribution is 0.122. The number of nitrogens with zero attached hydrogens (tertiary/aromatic N) is 4. The number of aryl methyl sites for hydroxylation is 1. The lowest BCUT2D eigenvalue weighted by Crippen LogP contribution is -2.36. The fourth-order valence-electron chi connectivity index (χ4n) is 3.98. The highest BCUT2D eigenvalue weighted by molar-refractivity contribution is 5.79. The maximum Gasteiger partial charge on any atom is 0.215 e. The Morgan fingerprint density at radius 3 is 2.73 bits per heavy atom. The maximum atomic E-state index is 6.06. The van der Waals surface area contributed by atoms with Gasteiger partial charge in [0.2, 0.25) is 5.88 Å². The molecule has 6 heteroatoms. The Hall–Kier alpha value is -2.44. The zero-order chi connectivity index (χ0) is 20.6. The molecule has 2 saturated heterocycles. The van der Waals surface area contributed by atoms with Crippen molar-refractivity contribution < 1.29 is 9.47 Å². The summed E-state index contributed by atoms with van der Waals surface area (Å²) in [5.74, 6) is 0.693. The Balaban J connectivity index is 1.44. The molecule has 6 nitrogen and oxygen atoms in total. The predicted molar refractivity (Wildman–Crippen MR) is 121 cm³/mol. The average Bonchev–Trinajstić information content (AvgIpc) is 3.28. The van der Waals surface area contributed by atoms with Gasteiger partial charge < -0.3 is 14.4 Å². The van der Waals surface area contributed by atoms with E-state index in [1.165, 1.54) is 31.5 Å². The highest BCUT2D eigenvalue weighted by Crippen LogP contribution is 2.23. The van der Waals surface area contributed by atoms with E-state index in [1.54, 1.807) is 0 Å². The molecular formula is C24H32N4O2. The van der Waals surface area contributed by atoms with Gasteiger partial charge in [0.25, 0.3) is 0 Å². The number of hydrogen-bond acceptors (Lipinski definition) is 6. The average molecular weight is 409 g/mol. The van der Waals surface area contributed by atoms with Gasteiger partial charge in [-0.15, -0.1) is 0 Å². The van der Waals surface area contributed by atoms with Crippen LogP contribution in [0.3, 0.4) is 0 Å². The Morgan fingerprint density at radius 1 is 1.10 bits per heavy atom. The van der Waals surface area contributed by atoms with Crippen molar-refractivity contribution in [2.45, 2.75) is 26.3 Å². The SMILES string of the molecule is Cc1cccc(C=NCc2cc(N3CCOCC3)cc(OCCN3CCCC3)n2)c1. The summed E-state index contributed by atoms with van der Waals surface area (Å²) in [6, 6.07) is 12.5. The molecule has 0 N–H and O–H groups in total. The van der Waals surface area contributed by atoms with Crippen molar-refractivity contribution in [2.75, 3.05) is 57.4 Å². The highest BCUT2D eigenvalue weighted by Gasteiger charge is 2.15. The standard InChI is InChI=1S/C24H32N4O2/c1-20-5-4-6-21(15-20)18-25-19-22-16-23(28-10-12-29-13-11-28)17-24(26-22)30-14-9-27-7-2-3-8-27/h4-6,15-18H,2-3,7-14,19H2,1H3. The first-order valence-electron chi connectivity index (χ1n) is 11.0. The van der Waals surface area contributed by atoms with Crippen LogP contribution in [0, 0.1) is 6.92 Å². The second-order valence-electron chi connectivity index (χ2n) is 8.04. The van der Waals surface area contributed by atoms with E-state index in [-0.39, 0.29) is 0 Å². The second-order valence-corrected chi connectivity index (χ2v) is 8.04. The van der Waals surface area contributed by atoms with E-state index in [2.05, 4.69) is 58.1 Å². The van der Waals surface area contributed by atoms with Gasteiger partial charge in [0.05, 0.1) is 25.5 Å². The van der Waals surface area contributed by atoms with Crippen LogP contribution in [-0.2, 0) is 11.3 Å². The van der Waals surface area contributed by atoms with E-state index in [0.29, 0.717) is 19.0 Å². The molecule has 0 atom stereocenters. The third kappa shape index (κ3) is 6.03. The molecule has 0 spiro atoms. The quantitative estimate of drug-likeness (QED) is 0.627. The summed E-state index contributed by atoms with van der Waals surface area (Å²) in [6.45, 7) is 9.93. The number of hydrogen-bond donors (Lipinski definition) is 0. The van der Waals surface area contributed by atoms with Crippen molar-refractivity contribution in [2.24, 2.45) is 4.99 Å². The van der Waals surface area contributed by atoms with Gasteiger partial charge in [0, 0.05) is 37.6 Å². The van der Waals surface area contributed by atoms with Gasteiger partial charge in [0.1, 0.15) is 6.61 Å². The van der Waals surface area contributed by atoms with Crippen LogP contribution in [0.1, 0.15) is 29.7 Å². The van der Waals surface area contributed by atoms with E-state index in [9.17, 15) is 0 Å².